The minimum absolute atomic E-state index is 0.0517. The van der Waals surface area contributed by atoms with E-state index in [1.807, 2.05) is 13.8 Å². The van der Waals surface area contributed by atoms with Crippen molar-refractivity contribution in [1.29, 1.82) is 0 Å². The smallest absolute Gasteiger partial charge is 0.163 e. The van der Waals surface area contributed by atoms with Crippen LogP contribution in [0.3, 0.4) is 0 Å². The molecule has 1 heterocycles. The van der Waals surface area contributed by atoms with Gasteiger partial charge in [0.15, 0.2) is 5.75 Å². The fourth-order valence-corrected chi connectivity index (χ4v) is 2.54. The first-order chi connectivity index (χ1) is 9.47. The summed E-state index contributed by atoms with van der Waals surface area (Å²) in [6.45, 7) is 3.90. The van der Waals surface area contributed by atoms with Crippen LogP contribution in [0.25, 0.3) is 0 Å². The van der Waals surface area contributed by atoms with Crippen LogP contribution in [0.2, 0.25) is 0 Å². The zero-order chi connectivity index (χ0) is 14.9. The van der Waals surface area contributed by atoms with E-state index in [1.54, 1.807) is 23.0 Å². The second-order valence-electron chi connectivity index (χ2n) is 4.68. The number of halogens is 2. The molecule has 2 aromatic rings. The molecular formula is C14H16BrFN2O2. The minimum atomic E-state index is -1.03. The van der Waals surface area contributed by atoms with Gasteiger partial charge in [-0.15, -0.1) is 0 Å². The highest BCUT2D eigenvalue weighted by Crippen LogP contribution is 2.35. The maximum Gasteiger partial charge on any atom is 0.163 e. The van der Waals surface area contributed by atoms with E-state index in [2.05, 4.69) is 21.0 Å². The fraction of sp³-hybridized carbons (Fsp3) is 0.357. The average Bonchev–Trinajstić information content (AvgIpc) is 2.85. The van der Waals surface area contributed by atoms with E-state index in [9.17, 15) is 9.50 Å². The highest BCUT2D eigenvalue weighted by atomic mass is 79.9. The Labute approximate surface area is 125 Å². The summed E-state index contributed by atoms with van der Waals surface area (Å²) in [7, 11) is 1.51. The largest absolute Gasteiger partial charge is 0.493 e. The quantitative estimate of drug-likeness (QED) is 0.925. The number of rotatable bonds is 4. The Balaban J connectivity index is 2.55. The summed E-state index contributed by atoms with van der Waals surface area (Å²) in [4.78, 5) is 0. The molecule has 0 radical (unpaired) electrons. The van der Waals surface area contributed by atoms with Gasteiger partial charge in [0.05, 0.1) is 17.8 Å². The zero-order valence-electron chi connectivity index (χ0n) is 11.5. The van der Waals surface area contributed by atoms with Gasteiger partial charge in [-0.3, -0.25) is 4.68 Å². The van der Waals surface area contributed by atoms with Crippen LogP contribution in [-0.2, 0) is 0 Å². The van der Waals surface area contributed by atoms with Gasteiger partial charge in [-0.2, -0.15) is 5.10 Å². The van der Waals surface area contributed by atoms with E-state index in [0.717, 1.165) is 0 Å². The molecule has 1 atom stereocenters. The van der Waals surface area contributed by atoms with Crippen molar-refractivity contribution >= 4 is 15.9 Å². The van der Waals surface area contributed by atoms with Crippen LogP contribution in [-0.4, -0.2) is 22.0 Å². The van der Waals surface area contributed by atoms with Crippen molar-refractivity contribution in [3.8, 4) is 5.75 Å². The van der Waals surface area contributed by atoms with Crippen LogP contribution in [0.15, 0.2) is 28.9 Å². The van der Waals surface area contributed by atoms with E-state index >= 15 is 0 Å². The van der Waals surface area contributed by atoms with Crippen molar-refractivity contribution < 1.29 is 14.2 Å². The predicted octanol–water partition coefficient (Wildman–Crippen LogP) is 3.46. The second kappa shape index (κ2) is 5.93. The first-order valence-electron chi connectivity index (χ1n) is 6.20. The van der Waals surface area contributed by atoms with Crippen LogP contribution in [0.1, 0.15) is 37.3 Å². The molecule has 1 aromatic heterocycles. The van der Waals surface area contributed by atoms with Gasteiger partial charge in [-0.1, -0.05) is 12.1 Å². The molecule has 1 aromatic carbocycles. The summed E-state index contributed by atoms with van der Waals surface area (Å²) >= 11 is 3.17. The lowest BCUT2D eigenvalue weighted by atomic mass is 10.1. The molecule has 0 fully saturated rings. The molecule has 4 nitrogen and oxygen atoms in total. The number of nitrogens with zero attached hydrogens (tertiary/aromatic N) is 2. The standard InChI is InChI=1S/C14H16BrFN2O2/c1-8(2)18-13(11(20-3)7-17-18)14(19)9-5-4-6-10(16)12(9)15/h4-8,14,19H,1-3H3. The Morgan fingerprint density at radius 3 is 2.70 bits per heavy atom. The van der Waals surface area contributed by atoms with Crippen molar-refractivity contribution in [2.24, 2.45) is 0 Å². The number of ether oxygens (including phenoxy) is 1. The highest BCUT2D eigenvalue weighted by Gasteiger charge is 2.25. The molecule has 0 amide bonds. The fourth-order valence-electron chi connectivity index (χ4n) is 2.06. The third kappa shape index (κ3) is 2.58. The van der Waals surface area contributed by atoms with Gasteiger partial charge in [-0.25, -0.2) is 4.39 Å². The Kier molecular flexibility index (Phi) is 4.45. The molecule has 0 saturated carbocycles. The number of aromatic nitrogens is 2. The van der Waals surface area contributed by atoms with Gasteiger partial charge in [0.1, 0.15) is 17.6 Å². The lowest BCUT2D eigenvalue weighted by Crippen LogP contribution is -2.13. The topological polar surface area (TPSA) is 47.3 Å². The van der Waals surface area contributed by atoms with Crippen molar-refractivity contribution in [1.82, 2.24) is 9.78 Å². The number of benzene rings is 1. The van der Waals surface area contributed by atoms with Crippen molar-refractivity contribution in [3.05, 3.63) is 45.9 Å². The molecule has 0 bridgehead atoms. The third-order valence-corrected chi connectivity index (χ3v) is 3.88. The normalized spacial score (nSPS) is 12.8. The number of hydrogen-bond acceptors (Lipinski definition) is 3. The van der Waals surface area contributed by atoms with Crippen LogP contribution in [0, 0.1) is 5.82 Å². The molecule has 0 aliphatic carbocycles. The van der Waals surface area contributed by atoms with Crippen molar-refractivity contribution in [3.63, 3.8) is 0 Å². The lowest BCUT2D eigenvalue weighted by Gasteiger charge is -2.18. The summed E-state index contributed by atoms with van der Waals surface area (Å²) in [6, 6.07) is 4.60. The summed E-state index contributed by atoms with van der Waals surface area (Å²) in [5.74, 6) is 0.0542. The van der Waals surface area contributed by atoms with Crippen LogP contribution < -0.4 is 4.74 Å². The van der Waals surface area contributed by atoms with Gasteiger partial charge in [-0.05, 0) is 35.8 Å². The zero-order valence-corrected chi connectivity index (χ0v) is 13.1. The summed E-state index contributed by atoms with van der Waals surface area (Å²) in [5.41, 5.74) is 0.944. The molecule has 2 rings (SSSR count). The molecule has 20 heavy (non-hydrogen) atoms. The SMILES string of the molecule is COc1cnn(C(C)C)c1C(O)c1cccc(F)c1Br. The summed E-state index contributed by atoms with van der Waals surface area (Å²) in [6.07, 6.45) is 0.520. The van der Waals surface area contributed by atoms with Crippen LogP contribution in [0.4, 0.5) is 4.39 Å². The number of hydrogen-bond donors (Lipinski definition) is 1. The Bertz CT molecular complexity index is 613. The van der Waals surface area contributed by atoms with Gasteiger partial charge >= 0.3 is 0 Å². The maximum absolute atomic E-state index is 13.6. The lowest BCUT2D eigenvalue weighted by molar-refractivity contribution is 0.198. The van der Waals surface area contributed by atoms with Gasteiger partial charge < -0.3 is 9.84 Å². The molecule has 0 saturated heterocycles. The van der Waals surface area contributed by atoms with E-state index in [0.29, 0.717) is 17.0 Å². The minimum Gasteiger partial charge on any atom is -0.493 e. The molecule has 1 unspecified atom stereocenters. The molecule has 0 aliphatic rings. The van der Waals surface area contributed by atoms with E-state index in [4.69, 9.17) is 4.74 Å². The van der Waals surface area contributed by atoms with Gasteiger partial charge in [0, 0.05) is 11.6 Å². The molecule has 0 spiro atoms. The molecule has 0 aliphatic heterocycles. The van der Waals surface area contributed by atoms with E-state index < -0.39 is 11.9 Å². The van der Waals surface area contributed by atoms with Crippen LogP contribution >= 0.6 is 15.9 Å². The first kappa shape index (κ1) is 15.0. The first-order valence-corrected chi connectivity index (χ1v) is 7.00. The third-order valence-electron chi connectivity index (χ3n) is 3.04. The van der Waals surface area contributed by atoms with Crippen molar-refractivity contribution in [2.75, 3.05) is 7.11 Å². The molecule has 108 valence electrons. The Morgan fingerprint density at radius 2 is 2.10 bits per heavy atom. The molecule has 1 N–H and O–H groups in total. The highest BCUT2D eigenvalue weighted by molar-refractivity contribution is 9.10. The average molecular weight is 343 g/mol. The molecular weight excluding hydrogens is 327 g/mol. The maximum atomic E-state index is 13.6. The van der Waals surface area contributed by atoms with Crippen LogP contribution in [0.5, 0.6) is 5.75 Å². The Morgan fingerprint density at radius 1 is 1.40 bits per heavy atom. The number of aliphatic hydroxyl groups is 1. The van der Waals surface area contributed by atoms with Gasteiger partial charge in [0.2, 0.25) is 0 Å². The molecule has 6 heteroatoms. The summed E-state index contributed by atoms with van der Waals surface area (Å²) < 4.78 is 20.8. The summed E-state index contributed by atoms with van der Waals surface area (Å²) in [5, 5.41) is 14.8. The number of aliphatic hydroxyl groups excluding tert-OH is 1. The van der Waals surface area contributed by atoms with E-state index in [1.165, 1.54) is 13.2 Å². The number of methoxy groups -OCH3 is 1. The van der Waals surface area contributed by atoms with Gasteiger partial charge in [0.25, 0.3) is 0 Å². The Hall–Kier alpha value is -1.40. The van der Waals surface area contributed by atoms with E-state index in [-0.39, 0.29) is 10.5 Å². The monoisotopic (exact) mass is 342 g/mol. The predicted molar refractivity (Wildman–Crippen MR) is 77.3 cm³/mol. The second-order valence-corrected chi connectivity index (χ2v) is 5.48. The van der Waals surface area contributed by atoms with Crippen molar-refractivity contribution in [2.45, 2.75) is 26.0 Å².